The van der Waals surface area contributed by atoms with Gasteiger partial charge in [0.05, 0.1) is 0 Å². The van der Waals surface area contributed by atoms with E-state index in [1.165, 1.54) is 6.42 Å². The molecule has 0 heterocycles. The number of carbonyl (C=O) groups excluding carboxylic acids is 2. The molecule has 1 aliphatic carbocycles. The third kappa shape index (κ3) is 4.88. The first kappa shape index (κ1) is 15.5. The minimum Gasteiger partial charge on any atom is -0.354 e. The maximum absolute atomic E-state index is 11.9. The summed E-state index contributed by atoms with van der Waals surface area (Å²) in [6, 6.07) is 7.45. The monoisotopic (exact) mass is 288 g/mol. The van der Waals surface area contributed by atoms with Crippen LogP contribution in [0.1, 0.15) is 48.0 Å². The highest BCUT2D eigenvalue weighted by Gasteiger charge is 2.20. The van der Waals surface area contributed by atoms with Gasteiger partial charge in [-0.3, -0.25) is 9.59 Å². The Hall–Kier alpha value is -1.84. The minimum absolute atomic E-state index is 0.0954. The van der Waals surface area contributed by atoms with Crippen molar-refractivity contribution in [3.63, 3.8) is 0 Å². The van der Waals surface area contributed by atoms with Crippen LogP contribution in [-0.4, -0.2) is 24.9 Å². The van der Waals surface area contributed by atoms with E-state index in [-0.39, 0.29) is 17.7 Å². The number of nitrogens with one attached hydrogen (secondary N) is 2. The van der Waals surface area contributed by atoms with Crippen molar-refractivity contribution >= 4 is 11.8 Å². The molecule has 0 saturated heterocycles. The summed E-state index contributed by atoms with van der Waals surface area (Å²) >= 11 is 0. The van der Waals surface area contributed by atoms with Crippen LogP contribution < -0.4 is 10.6 Å². The molecule has 0 bridgehead atoms. The van der Waals surface area contributed by atoms with E-state index < -0.39 is 0 Å². The summed E-state index contributed by atoms with van der Waals surface area (Å²) in [5, 5.41) is 5.74. The van der Waals surface area contributed by atoms with Gasteiger partial charge in [0.25, 0.3) is 5.91 Å². The molecule has 1 aromatic carbocycles. The molecule has 0 radical (unpaired) electrons. The largest absolute Gasteiger partial charge is 0.354 e. The molecule has 2 N–H and O–H groups in total. The normalized spacial score (nSPS) is 15.5. The fourth-order valence-corrected chi connectivity index (χ4v) is 2.68. The highest BCUT2D eigenvalue weighted by molar-refractivity contribution is 5.94. The summed E-state index contributed by atoms with van der Waals surface area (Å²) in [5.74, 6) is 0.216. The quantitative estimate of drug-likeness (QED) is 0.818. The third-order valence-electron chi connectivity index (χ3n) is 4.00. The Balaban J connectivity index is 1.66. The first-order valence-electron chi connectivity index (χ1n) is 7.79. The van der Waals surface area contributed by atoms with Crippen molar-refractivity contribution in [2.75, 3.05) is 13.1 Å². The van der Waals surface area contributed by atoms with E-state index in [9.17, 15) is 9.59 Å². The Kier molecular flexibility index (Phi) is 5.78. The third-order valence-corrected chi connectivity index (χ3v) is 4.00. The lowest BCUT2D eigenvalue weighted by Crippen LogP contribution is -2.38. The Morgan fingerprint density at radius 1 is 1.00 bits per heavy atom. The number of carbonyl (C=O) groups is 2. The van der Waals surface area contributed by atoms with Crippen LogP contribution in [0.25, 0.3) is 0 Å². The Morgan fingerprint density at radius 3 is 2.29 bits per heavy atom. The molecule has 0 atom stereocenters. The van der Waals surface area contributed by atoms with Crippen molar-refractivity contribution in [2.24, 2.45) is 5.92 Å². The summed E-state index contributed by atoms with van der Waals surface area (Å²) in [6.45, 7) is 2.95. The molecular formula is C17H24N2O2. The molecule has 0 unspecified atom stereocenters. The van der Waals surface area contributed by atoms with Gasteiger partial charge in [-0.2, -0.15) is 0 Å². The van der Waals surface area contributed by atoms with E-state index in [4.69, 9.17) is 0 Å². The van der Waals surface area contributed by atoms with Gasteiger partial charge in [-0.1, -0.05) is 37.0 Å². The predicted molar refractivity (Wildman–Crippen MR) is 83.1 cm³/mol. The molecule has 114 valence electrons. The van der Waals surface area contributed by atoms with Gasteiger partial charge in [0, 0.05) is 24.6 Å². The number of rotatable bonds is 5. The van der Waals surface area contributed by atoms with Gasteiger partial charge >= 0.3 is 0 Å². The minimum atomic E-state index is -0.0954. The zero-order valence-corrected chi connectivity index (χ0v) is 12.7. The van der Waals surface area contributed by atoms with Crippen LogP contribution in [0, 0.1) is 12.8 Å². The molecule has 1 aliphatic rings. The molecule has 0 spiro atoms. The van der Waals surface area contributed by atoms with Gasteiger partial charge in [0.1, 0.15) is 0 Å². The van der Waals surface area contributed by atoms with Crippen LogP contribution in [0.5, 0.6) is 0 Å². The maximum atomic E-state index is 11.9. The molecule has 0 aromatic heterocycles. The van der Waals surface area contributed by atoms with E-state index in [2.05, 4.69) is 10.6 Å². The van der Waals surface area contributed by atoms with Crippen LogP contribution in [0.4, 0.5) is 0 Å². The smallest absolute Gasteiger partial charge is 0.251 e. The standard InChI is InChI=1S/C17H24N2O2/c1-13-7-9-15(10-8-13)17(21)19-12-11-18-16(20)14-5-3-2-4-6-14/h7-10,14H,2-6,11-12H2,1H3,(H,18,20)(H,19,21). The topological polar surface area (TPSA) is 58.2 Å². The van der Waals surface area contributed by atoms with Crippen LogP contribution in [0.2, 0.25) is 0 Å². The lowest BCUT2D eigenvalue weighted by molar-refractivity contribution is -0.125. The van der Waals surface area contributed by atoms with Gasteiger partial charge in [-0.15, -0.1) is 0 Å². The first-order chi connectivity index (χ1) is 10.2. The molecule has 2 rings (SSSR count). The van der Waals surface area contributed by atoms with Crippen LogP contribution in [0.15, 0.2) is 24.3 Å². The molecule has 2 amide bonds. The lowest BCUT2D eigenvalue weighted by atomic mass is 9.89. The van der Waals surface area contributed by atoms with E-state index in [1.54, 1.807) is 0 Å². The SMILES string of the molecule is Cc1ccc(C(=O)NCCNC(=O)C2CCCCC2)cc1. The van der Waals surface area contributed by atoms with Gasteiger partial charge in [-0.05, 0) is 31.9 Å². The molecule has 1 aromatic rings. The summed E-state index contributed by atoms with van der Waals surface area (Å²) in [6.07, 6.45) is 5.56. The lowest BCUT2D eigenvalue weighted by Gasteiger charge is -2.20. The van der Waals surface area contributed by atoms with Crippen molar-refractivity contribution < 1.29 is 9.59 Å². The number of aryl methyl sites for hydroxylation is 1. The fourth-order valence-electron chi connectivity index (χ4n) is 2.68. The Labute approximate surface area is 126 Å². The van der Waals surface area contributed by atoms with Gasteiger partial charge in [0.15, 0.2) is 0 Å². The average Bonchev–Trinajstić information content (AvgIpc) is 2.52. The second kappa shape index (κ2) is 7.81. The number of amides is 2. The van der Waals surface area contributed by atoms with E-state index >= 15 is 0 Å². The first-order valence-corrected chi connectivity index (χ1v) is 7.79. The molecular weight excluding hydrogens is 264 g/mol. The van der Waals surface area contributed by atoms with E-state index in [0.29, 0.717) is 18.7 Å². The molecule has 21 heavy (non-hydrogen) atoms. The van der Waals surface area contributed by atoms with Crippen molar-refractivity contribution in [2.45, 2.75) is 39.0 Å². The van der Waals surface area contributed by atoms with Crippen molar-refractivity contribution in [1.29, 1.82) is 0 Å². The van der Waals surface area contributed by atoms with Crippen LogP contribution in [-0.2, 0) is 4.79 Å². The summed E-state index contributed by atoms with van der Waals surface area (Å²) in [7, 11) is 0. The zero-order valence-electron chi connectivity index (χ0n) is 12.7. The predicted octanol–water partition coefficient (Wildman–Crippen LogP) is 2.42. The highest BCUT2D eigenvalue weighted by atomic mass is 16.2. The number of benzene rings is 1. The summed E-state index contributed by atoms with van der Waals surface area (Å²) in [5.41, 5.74) is 1.78. The van der Waals surface area contributed by atoms with Gasteiger partial charge in [-0.25, -0.2) is 0 Å². The molecule has 1 fully saturated rings. The maximum Gasteiger partial charge on any atom is 0.251 e. The van der Waals surface area contributed by atoms with E-state index in [0.717, 1.165) is 31.2 Å². The second-order valence-corrected chi connectivity index (χ2v) is 5.75. The van der Waals surface area contributed by atoms with Crippen molar-refractivity contribution in [1.82, 2.24) is 10.6 Å². The van der Waals surface area contributed by atoms with Gasteiger partial charge in [0.2, 0.25) is 5.91 Å². The van der Waals surface area contributed by atoms with E-state index in [1.807, 2.05) is 31.2 Å². The van der Waals surface area contributed by atoms with Crippen LogP contribution in [0.3, 0.4) is 0 Å². The fraction of sp³-hybridized carbons (Fsp3) is 0.529. The summed E-state index contributed by atoms with van der Waals surface area (Å²) < 4.78 is 0. The second-order valence-electron chi connectivity index (χ2n) is 5.75. The van der Waals surface area contributed by atoms with Gasteiger partial charge < -0.3 is 10.6 Å². The Bertz CT molecular complexity index is 476. The van der Waals surface area contributed by atoms with Crippen molar-refractivity contribution in [3.8, 4) is 0 Å². The molecule has 0 aliphatic heterocycles. The zero-order chi connectivity index (χ0) is 15.1. The number of hydrogen-bond acceptors (Lipinski definition) is 2. The van der Waals surface area contributed by atoms with Crippen molar-refractivity contribution in [3.05, 3.63) is 35.4 Å². The Morgan fingerprint density at radius 2 is 1.62 bits per heavy atom. The molecule has 4 nitrogen and oxygen atoms in total. The summed E-state index contributed by atoms with van der Waals surface area (Å²) in [4.78, 5) is 23.8. The van der Waals surface area contributed by atoms with Crippen LogP contribution >= 0.6 is 0 Å². The average molecular weight is 288 g/mol. The number of hydrogen-bond donors (Lipinski definition) is 2. The molecule has 4 heteroatoms. The molecule has 1 saturated carbocycles. The highest BCUT2D eigenvalue weighted by Crippen LogP contribution is 2.23.